The van der Waals surface area contributed by atoms with Gasteiger partial charge in [0.25, 0.3) is 0 Å². The van der Waals surface area contributed by atoms with E-state index in [2.05, 4.69) is 20.4 Å². The lowest BCUT2D eigenvalue weighted by Crippen LogP contribution is -2.40. The van der Waals surface area contributed by atoms with E-state index in [9.17, 15) is 18.0 Å². The number of pyridine rings is 2. The number of urea groups is 1. The van der Waals surface area contributed by atoms with Crippen LogP contribution in [0.1, 0.15) is 29.7 Å². The summed E-state index contributed by atoms with van der Waals surface area (Å²) in [4.78, 5) is 22.3. The van der Waals surface area contributed by atoms with Crippen molar-refractivity contribution in [1.29, 1.82) is 0 Å². The Morgan fingerprint density at radius 1 is 1.21 bits per heavy atom. The fourth-order valence-electron chi connectivity index (χ4n) is 4.70. The molecular weight excluding hydrogens is 435 g/mol. The zero-order valence-corrected chi connectivity index (χ0v) is 17.6. The first-order valence-electron chi connectivity index (χ1n) is 10.6. The number of carbonyl (C=O) groups is 1. The first-order chi connectivity index (χ1) is 15.7. The summed E-state index contributed by atoms with van der Waals surface area (Å²) in [6.45, 7) is 2.17. The van der Waals surface area contributed by atoms with Crippen LogP contribution in [-0.4, -0.2) is 43.8 Å². The van der Waals surface area contributed by atoms with E-state index in [-0.39, 0.29) is 17.0 Å². The highest BCUT2D eigenvalue weighted by Gasteiger charge is 2.47. The molecule has 1 saturated heterocycles. The highest BCUT2D eigenvalue weighted by atomic mass is 19.4. The van der Waals surface area contributed by atoms with Crippen LogP contribution in [0.3, 0.4) is 0 Å². The monoisotopic (exact) mass is 457 g/mol. The Morgan fingerprint density at radius 3 is 2.79 bits per heavy atom. The van der Waals surface area contributed by atoms with E-state index in [0.717, 1.165) is 30.2 Å². The second-order valence-electron chi connectivity index (χ2n) is 8.51. The number of amides is 2. The summed E-state index contributed by atoms with van der Waals surface area (Å²) in [7, 11) is 0. The van der Waals surface area contributed by atoms with E-state index in [1.165, 1.54) is 6.20 Å². The number of hydrogen-bond donors (Lipinski definition) is 2. The third-order valence-corrected chi connectivity index (χ3v) is 6.45. The largest absolute Gasteiger partial charge is 0.419 e. The van der Waals surface area contributed by atoms with Crippen molar-refractivity contribution in [3.63, 3.8) is 0 Å². The number of halogens is 3. The Bertz CT molecular complexity index is 1190. The molecule has 1 unspecified atom stereocenters. The van der Waals surface area contributed by atoms with Gasteiger partial charge in [0.15, 0.2) is 0 Å². The highest BCUT2D eigenvalue weighted by Crippen LogP contribution is 2.44. The fourth-order valence-corrected chi connectivity index (χ4v) is 4.70. The number of nitrogen functional groups attached to an aromatic ring is 1. The van der Waals surface area contributed by atoms with Crippen LogP contribution in [-0.2, 0) is 24.7 Å². The zero-order valence-electron chi connectivity index (χ0n) is 17.6. The molecule has 5 heterocycles. The van der Waals surface area contributed by atoms with E-state index in [0.29, 0.717) is 31.9 Å². The molecule has 172 valence electrons. The quantitative estimate of drug-likeness (QED) is 0.629. The predicted molar refractivity (Wildman–Crippen MR) is 114 cm³/mol. The number of rotatable bonds is 3. The van der Waals surface area contributed by atoms with Gasteiger partial charge < -0.3 is 16.0 Å². The molecule has 1 fully saturated rings. The van der Waals surface area contributed by atoms with Crippen LogP contribution in [0.5, 0.6) is 0 Å². The second-order valence-corrected chi connectivity index (χ2v) is 8.51. The maximum absolute atomic E-state index is 13.2. The number of nitrogens with zero attached hydrogens (tertiary/aromatic N) is 5. The van der Waals surface area contributed by atoms with Gasteiger partial charge in [0, 0.05) is 61.4 Å². The topological polar surface area (TPSA) is 102 Å². The van der Waals surface area contributed by atoms with Crippen LogP contribution in [0.2, 0.25) is 0 Å². The Balaban J connectivity index is 1.33. The molecule has 0 saturated carbocycles. The number of aromatic nitrogens is 4. The molecule has 3 N–H and O–H groups in total. The van der Waals surface area contributed by atoms with Crippen molar-refractivity contribution in [1.82, 2.24) is 30.0 Å². The fraction of sp³-hybridized carbons (Fsp3) is 0.364. The number of fused-ring (bicyclic) bond motifs is 2. The maximum atomic E-state index is 13.2. The van der Waals surface area contributed by atoms with Gasteiger partial charge in [-0.2, -0.15) is 18.3 Å². The lowest BCUT2D eigenvalue weighted by atomic mass is 9.82. The molecule has 8 nitrogen and oxygen atoms in total. The molecule has 2 aliphatic heterocycles. The summed E-state index contributed by atoms with van der Waals surface area (Å²) >= 11 is 0. The Kier molecular flexibility index (Phi) is 4.98. The van der Waals surface area contributed by atoms with Gasteiger partial charge in [0.1, 0.15) is 5.82 Å². The van der Waals surface area contributed by atoms with Gasteiger partial charge in [0.2, 0.25) is 0 Å². The van der Waals surface area contributed by atoms with Crippen molar-refractivity contribution in [2.75, 3.05) is 18.8 Å². The summed E-state index contributed by atoms with van der Waals surface area (Å²) in [5, 5.41) is 7.45. The minimum atomic E-state index is -4.59. The van der Waals surface area contributed by atoms with Gasteiger partial charge in [0.05, 0.1) is 11.3 Å². The lowest BCUT2D eigenvalue weighted by molar-refractivity contribution is -0.137. The summed E-state index contributed by atoms with van der Waals surface area (Å²) < 4.78 is 41.6. The van der Waals surface area contributed by atoms with Crippen LogP contribution in [0, 0.1) is 0 Å². The van der Waals surface area contributed by atoms with Crippen LogP contribution in [0.15, 0.2) is 42.9 Å². The smallest absolute Gasteiger partial charge is 0.383 e. The number of alkyl halides is 3. The number of anilines is 1. The normalized spacial score (nSPS) is 19.8. The van der Waals surface area contributed by atoms with Crippen molar-refractivity contribution >= 4 is 11.8 Å². The number of likely N-dealkylation sites (tertiary alicyclic amines) is 1. The second kappa shape index (κ2) is 7.75. The van der Waals surface area contributed by atoms with E-state index in [1.54, 1.807) is 17.3 Å². The van der Waals surface area contributed by atoms with Gasteiger partial charge in [-0.05, 0) is 36.6 Å². The average molecular weight is 457 g/mol. The van der Waals surface area contributed by atoms with Crippen LogP contribution in [0.4, 0.5) is 23.8 Å². The van der Waals surface area contributed by atoms with Crippen LogP contribution >= 0.6 is 0 Å². The molecule has 5 rings (SSSR count). The summed E-state index contributed by atoms with van der Waals surface area (Å²) in [6.07, 6.45) is 1.70. The molecule has 2 amide bonds. The molecular formula is C22H22F3N7O. The third kappa shape index (κ3) is 3.87. The number of carbonyl (C=O) groups excluding carboxylic acids is 1. The molecule has 0 radical (unpaired) electrons. The number of hydrogen-bond acceptors (Lipinski definition) is 5. The van der Waals surface area contributed by atoms with Crippen molar-refractivity contribution < 1.29 is 18.0 Å². The molecule has 0 bridgehead atoms. The average Bonchev–Trinajstić information content (AvgIpc) is 3.49. The SMILES string of the molecule is Nc1ncc(-c2cc3n(n2)CCC32CCN(C(=O)NCc3cccnc3)C2)cc1C(F)(F)F. The van der Waals surface area contributed by atoms with E-state index in [4.69, 9.17) is 5.73 Å². The van der Waals surface area contributed by atoms with Crippen molar-refractivity contribution in [3.05, 3.63) is 59.7 Å². The molecule has 2 aliphatic rings. The molecule has 11 heteroatoms. The van der Waals surface area contributed by atoms with Gasteiger partial charge in [-0.25, -0.2) is 9.78 Å². The highest BCUT2D eigenvalue weighted by molar-refractivity contribution is 5.75. The minimum Gasteiger partial charge on any atom is -0.383 e. The first kappa shape index (κ1) is 21.2. The molecule has 0 aromatic carbocycles. The third-order valence-electron chi connectivity index (χ3n) is 6.45. The Hall–Kier alpha value is -3.63. The summed E-state index contributed by atoms with van der Waals surface area (Å²) in [5.41, 5.74) is 6.72. The van der Waals surface area contributed by atoms with Gasteiger partial charge >= 0.3 is 12.2 Å². The number of nitrogens with one attached hydrogen (secondary N) is 1. The van der Waals surface area contributed by atoms with Crippen LogP contribution < -0.4 is 11.1 Å². The molecule has 0 aliphatic carbocycles. The number of aryl methyl sites for hydroxylation is 1. The Morgan fingerprint density at radius 2 is 2.03 bits per heavy atom. The number of nitrogens with two attached hydrogens (primary N) is 1. The van der Waals surface area contributed by atoms with E-state index >= 15 is 0 Å². The summed E-state index contributed by atoms with van der Waals surface area (Å²) in [6, 6.07) is 6.37. The zero-order chi connectivity index (χ0) is 23.2. The molecule has 1 atom stereocenters. The lowest BCUT2D eigenvalue weighted by Gasteiger charge is -2.23. The predicted octanol–water partition coefficient (Wildman–Crippen LogP) is 3.20. The minimum absolute atomic E-state index is 0.147. The van der Waals surface area contributed by atoms with Crippen molar-refractivity contribution in [3.8, 4) is 11.3 Å². The summed E-state index contributed by atoms with van der Waals surface area (Å²) in [5.74, 6) is -0.557. The molecule has 1 spiro atoms. The van der Waals surface area contributed by atoms with Crippen molar-refractivity contribution in [2.24, 2.45) is 0 Å². The Labute approximate surface area is 187 Å². The van der Waals surface area contributed by atoms with E-state index in [1.807, 2.05) is 22.9 Å². The van der Waals surface area contributed by atoms with Crippen LogP contribution in [0.25, 0.3) is 11.3 Å². The molecule has 3 aromatic rings. The van der Waals surface area contributed by atoms with Crippen molar-refractivity contribution in [2.45, 2.75) is 37.5 Å². The van der Waals surface area contributed by atoms with Gasteiger partial charge in [-0.15, -0.1) is 0 Å². The standard InChI is InChI=1S/C22H22F3N7O/c23-22(24,25)16-8-15(12-28-19(16)26)17-9-18-21(4-7-32(18)30-17)3-6-31(13-21)20(33)29-11-14-2-1-5-27-10-14/h1-2,5,8-10,12H,3-4,6-7,11,13H2,(H2,26,28)(H,29,33). The molecule has 33 heavy (non-hydrogen) atoms. The van der Waals surface area contributed by atoms with E-state index < -0.39 is 17.6 Å². The molecule has 3 aromatic heterocycles. The van der Waals surface area contributed by atoms with Gasteiger partial charge in [-0.1, -0.05) is 6.07 Å². The maximum Gasteiger partial charge on any atom is 0.419 e. The van der Waals surface area contributed by atoms with Gasteiger partial charge in [-0.3, -0.25) is 9.67 Å². The first-order valence-corrected chi connectivity index (χ1v) is 10.6.